The third-order valence-corrected chi connectivity index (χ3v) is 4.63. The van der Waals surface area contributed by atoms with E-state index < -0.39 is 11.4 Å². The zero-order valence-electron chi connectivity index (χ0n) is 11.1. The van der Waals surface area contributed by atoms with E-state index in [9.17, 15) is 9.90 Å². The molecule has 1 aliphatic carbocycles. The number of carboxylic acids is 1. The Bertz CT molecular complexity index is 674. The van der Waals surface area contributed by atoms with Crippen LogP contribution in [0.4, 0.5) is 0 Å². The van der Waals surface area contributed by atoms with E-state index >= 15 is 0 Å². The summed E-state index contributed by atoms with van der Waals surface area (Å²) in [7, 11) is 0. The molecule has 1 aromatic heterocycles. The average Bonchev–Trinajstić information content (AvgIpc) is 2.80. The molecule has 5 heteroatoms. The Labute approximate surface area is 125 Å². The predicted molar refractivity (Wildman–Crippen MR) is 79.6 cm³/mol. The van der Waals surface area contributed by atoms with E-state index in [4.69, 9.17) is 0 Å². The molecular weight excluding hydrogens is 320 g/mol. The normalized spacial score (nSPS) is 16.7. The molecule has 0 spiro atoms. The molecule has 1 heterocycles. The van der Waals surface area contributed by atoms with Gasteiger partial charge in [-0.25, -0.2) is 4.98 Å². The van der Waals surface area contributed by atoms with Gasteiger partial charge in [-0.05, 0) is 37.5 Å². The van der Waals surface area contributed by atoms with Gasteiger partial charge >= 0.3 is 5.97 Å². The summed E-state index contributed by atoms with van der Waals surface area (Å²) in [5.41, 5.74) is 2.23. The molecule has 1 fully saturated rings. The highest BCUT2D eigenvalue weighted by atomic mass is 79.9. The Morgan fingerprint density at radius 3 is 2.80 bits per heavy atom. The van der Waals surface area contributed by atoms with Crippen molar-refractivity contribution in [1.29, 1.82) is 0 Å². The van der Waals surface area contributed by atoms with E-state index in [1.54, 1.807) is 6.20 Å². The van der Waals surface area contributed by atoms with Crippen LogP contribution in [0.5, 0.6) is 0 Å². The second kappa shape index (κ2) is 4.74. The highest BCUT2D eigenvalue weighted by molar-refractivity contribution is 9.10. The Hall–Kier alpha value is -1.62. The van der Waals surface area contributed by atoms with Gasteiger partial charge < -0.3 is 10.1 Å². The molecule has 1 aliphatic rings. The van der Waals surface area contributed by atoms with Crippen LogP contribution in [0.25, 0.3) is 11.3 Å². The first-order valence-corrected chi connectivity index (χ1v) is 7.38. The maximum Gasteiger partial charge on any atom is 0.317 e. The highest BCUT2D eigenvalue weighted by Crippen LogP contribution is 2.43. The number of nitrogens with zero attached hydrogens (tertiary/aromatic N) is 1. The third-order valence-electron chi connectivity index (χ3n) is 4.14. The number of aliphatic carboxylic acids is 1. The predicted octanol–water partition coefficient (Wildman–Crippen LogP) is 3.65. The summed E-state index contributed by atoms with van der Waals surface area (Å²) >= 11 is 3.46. The van der Waals surface area contributed by atoms with Gasteiger partial charge in [0.05, 0.1) is 11.9 Å². The number of benzene rings is 1. The first-order valence-electron chi connectivity index (χ1n) is 6.58. The number of rotatable bonds is 3. The molecule has 0 aliphatic heterocycles. The van der Waals surface area contributed by atoms with E-state index in [-0.39, 0.29) is 0 Å². The molecule has 4 nitrogen and oxygen atoms in total. The molecule has 0 amide bonds. The minimum absolute atomic E-state index is 0.575. The zero-order chi connectivity index (χ0) is 14.3. The lowest BCUT2D eigenvalue weighted by molar-refractivity contribution is -0.147. The summed E-state index contributed by atoms with van der Waals surface area (Å²) in [5.74, 6) is -0.207. The molecule has 0 unspecified atom stereocenters. The van der Waals surface area contributed by atoms with Crippen LogP contribution in [-0.4, -0.2) is 21.0 Å². The lowest BCUT2D eigenvalue weighted by Gasteiger charge is -2.35. The first-order chi connectivity index (χ1) is 9.53. The minimum atomic E-state index is -0.807. The van der Waals surface area contributed by atoms with Crippen molar-refractivity contribution in [3.8, 4) is 11.3 Å². The van der Waals surface area contributed by atoms with Crippen molar-refractivity contribution in [3.05, 3.63) is 40.3 Å². The summed E-state index contributed by atoms with van der Waals surface area (Å²) in [6.07, 6.45) is 3.99. The van der Waals surface area contributed by atoms with E-state index in [1.807, 2.05) is 25.1 Å². The molecule has 104 valence electrons. The van der Waals surface area contributed by atoms with E-state index in [1.165, 1.54) is 0 Å². The van der Waals surface area contributed by atoms with Crippen LogP contribution < -0.4 is 0 Å². The number of aromatic nitrogens is 2. The fourth-order valence-electron chi connectivity index (χ4n) is 2.67. The molecule has 0 saturated heterocycles. The van der Waals surface area contributed by atoms with E-state index in [0.717, 1.165) is 27.7 Å². The smallest absolute Gasteiger partial charge is 0.317 e. The van der Waals surface area contributed by atoms with Gasteiger partial charge in [0, 0.05) is 10.0 Å². The average molecular weight is 335 g/mol. The number of nitrogens with one attached hydrogen (secondary N) is 1. The number of hydrogen-bond acceptors (Lipinski definition) is 2. The van der Waals surface area contributed by atoms with Gasteiger partial charge in [0.1, 0.15) is 11.2 Å². The number of aryl methyl sites for hydroxylation is 1. The molecule has 20 heavy (non-hydrogen) atoms. The van der Waals surface area contributed by atoms with Crippen molar-refractivity contribution in [2.24, 2.45) is 0 Å². The Morgan fingerprint density at radius 2 is 2.20 bits per heavy atom. The monoisotopic (exact) mass is 334 g/mol. The van der Waals surface area contributed by atoms with Crippen LogP contribution in [0, 0.1) is 6.92 Å². The van der Waals surface area contributed by atoms with Crippen molar-refractivity contribution in [1.82, 2.24) is 9.97 Å². The van der Waals surface area contributed by atoms with Crippen molar-refractivity contribution in [3.63, 3.8) is 0 Å². The maximum atomic E-state index is 11.5. The SMILES string of the molecule is Cc1ccc(Br)cc1-c1cnc(C2(C(=O)O)CCC2)[nH]1. The van der Waals surface area contributed by atoms with E-state index in [2.05, 4.69) is 25.9 Å². The van der Waals surface area contributed by atoms with Gasteiger partial charge in [-0.15, -0.1) is 0 Å². The minimum Gasteiger partial charge on any atom is -0.480 e. The van der Waals surface area contributed by atoms with Crippen LogP contribution >= 0.6 is 15.9 Å². The summed E-state index contributed by atoms with van der Waals surface area (Å²) in [6.45, 7) is 2.03. The summed E-state index contributed by atoms with van der Waals surface area (Å²) in [5, 5.41) is 9.45. The molecule has 2 aromatic rings. The Morgan fingerprint density at radius 1 is 1.45 bits per heavy atom. The van der Waals surface area contributed by atoms with E-state index in [0.29, 0.717) is 18.7 Å². The largest absolute Gasteiger partial charge is 0.480 e. The van der Waals surface area contributed by atoms with Gasteiger partial charge in [-0.2, -0.15) is 0 Å². The molecule has 0 radical (unpaired) electrons. The topological polar surface area (TPSA) is 66.0 Å². The number of H-pyrrole nitrogens is 1. The maximum absolute atomic E-state index is 11.5. The van der Waals surface area contributed by atoms with Gasteiger partial charge in [0.15, 0.2) is 0 Å². The lowest BCUT2D eigenvalue weighted by atomic mass is 9.68. The Kier molecular flexibility index (Phi) is 3.17. The number of carbonyl (C=O) groups is 1. The second-order valence-corrected chi connectivity index (χ2v) is 6.26. The van der Waals surface area contributed by atoms with Crippen molar-refractivity contribution in [2.45, 2.75) is 31.6 Å². The summed E-state index contributed by atoms with van der Waals surface area (Å²) < 4.78 is 0.992. The van der Waals surface area contributed by atoms with Gasteiger partial charge in [0.2, 0.25) is 0 Å². The van der Waals surface area contributed by atoms with Crippen LogP contribution in [0.2, 0.25) is 0 Å². The standard InChI is InChI=1S/C15H15BrN2O2/c1-9-3-4-10(16)7-11(9)12-8-17-13(18-12)15(14(19)20)5-2-6-15/h3-4,7-8H,2,5-6H2,1H3,(H,17,18)(H,19,20). The number of carboxylic acid groups (broad SMARTS) is 1. The van der Waals surface area contributed by atoms with Crippen molar-refractivity contribution < 1.29 is 9.90 Å². The fraction of sp³-hybridized carbons (Fsp3) is 0.333. The third kappa shape index (κ3) is 1.97. The quantitative estimate of drug-likeness (QED) is 0.900. The number of imidazole rings is 1. The molecular formula is C15H15BrN2O2. The van der Waals surface area contributed by atoms with Crippen molar-refractivity contribution >= 4 is 21.9 Å². The molecule has 2 N–H and O–H groups in total. The molecule has 1 aromatic carbocycles. The van der Waals surface area contributed by atoms with Gasteiger partial charge in [-0.1, -0.05) is 28.4 Å². The summed E-state index contributed by atoms with van der Waals surface area (Å²) in [4.78, 5) is 19.0. The van der Waals surface area contributed by atoms with Crippen molar-refractivity contribution in [2.75, 3.05) is 0 Å². The molecule has 0 atom stereocenters. The lowest BCUT2D eigenvalue weighted by Crippen LogP contribution is -2.43. The van der Waals surface area contributed by atoms with Crippen LogP contribution in [0.15, 0.2) is 28.9 Å². The molecule has 3 rings (SSSR count). The summed E-state index contributed by atoms with van der Waals surface area (Å²) in [6, 6.07) is 6.03. The zero-order valence-corrected chi connectivity index (χ0v) is 12.7. The van der Waals surface area contributed by atoms with Gasteiger partial charge in [0.25, 0.3) is 0 Å². The van der Waals surface area contributed by atoms with Crippen LogP contribution in [0.1, 0.15) is 30.7 Å². The number of halogens is 1. The fourth-order valence-corrected chi connectivity index (χ4v) is 3.03. The Balaban J connectivity index is 2.02. The van der Waals surface area contributed by atoms with Crippen LogP contribution in [0.3, 0.4) is 0 Å². The molecule has 0 bridgehead atoms. The number of aromatic amines is 1. The second-order valence-electron chi connectivity index (χ2n) is 5.35. The van der Waals surface area contributed by atoms with Crippen LogP contribution in [-0.2, 0) is 10.2 Å². The number of hydrogen-bond donors (Lipinski definition) is 2. The van der Waals surface area contributed by atoms with Gasteiger partial charge in [-0.3, -0.25) is 4.79 Å². The molecule has 1 saturated carbocycles. The first kappa shape index (κ1) is 13.4. The highest BCUT2D eigenvalue weighted by Gasteiger charge is 2.48.